The summed E-state index contributed by atoms with van der Waals surface area (Å²) in [7, 11) is 4.35. The fraction of sp³-hybridized carbons (Fsp3) is 0.500. The SMILES string of the molecule is [B][C@]1([C@@H](CC)Nc2c(Nc3ccc(Cl)c(S(=O)(=O)N(C)OC)c3O)c(=O)c2=O)CC[C@@H](C)O1. The Morgan fingerprint density at radius 2 is 2.00 bits per heavy atom. The fourth-order valence-corrected chi connectivity index (χ4v) is 5.39. The van der Waals surface area contributed by atoms with Gasteiger partial charge in [-0.3, -0.25) is 14.4 Å². The van der Waals surface area contributed by atoms with Crippen LogP contribution in [0.1, 0.15) is 33.1 Å². The Morgan fingerprint density at radius 3 is 2.55 bits per heavy atom. The first-order valence-corrected chi connectivity index (χ1v) is 12.1. The predicted octanol–water partition coefficient (Wildman–Crippen LogP) is 1.82. The molecule has 2 aromatic carbocycles. The van der Waals surface area contributed by atoms with Gasteiger partial charge in [-0.15, -0.1) is 0 Å². The molecule has 0 bridgehead atoms. The van der Waals surface area contributed by atoms with Gasteiger partial charge in [0.1, 0.15) is 24.1 Å². The number of hydroxylamine groups is 1. The molecular formula is C20H25BClN3O7S. The lowest BCUT2D eigenvalue weighted by Gasteiger charge is -2.36. The third-order valence-electron chi connectivity index (χ3n) is 5.79. The zero-order chi connectivity index (χ0) is 24.7. The Morgan fingerprint density at radius 1 is 1.36 bits per heavy atom. The summed E-state index contributed by atoms with van der Waals surface area (Å²) in [5.41, 5.74) is -2.89. The highest BCUT2D eigenvalue weighted by atomic mass is 35.5. The number of phenols is 1. The second-order valence-electron chi connectivity index (χ2n) is 7.93. The molecule has 2 radical (unpaired) electrons. The Kier molecular flexibility index (Phi) is 7.16. The fourth-order valence-electron chi connectivity index (χ4n) is 3.82. The number of benzene rings is 1. The first-order chi connectivity index (χ1) is 15.4. The van der Waals surface area contributed by atoms with Crippen LogP contribution in [0.4, 0.5) is 17.1 Å². The highest BCUT2D eigenvalue weighted by Crippen LogP contribution is 2.40. The Hall–Kier alpha value is -2.12. The van der Waals surface area contributed by atoms with Crippen molar-refractivity contribution in [2.45, 2.75) is 55.7 Å². The molecule has 1 aliphatic rings. The van der Waals surface area contributed by atoms with Gasteiger partial charge in [0.25, 0.3) is 20.9 Å². The molecule has 2 aromatic rings. The lowest BCUT2D eigenvalue weighted by atomic mass is 9.72. The summed E-state index contributed by atoms with van der Waals surface area (Å²) in [5, 5.41) is 16.0. The third-order valence-corrected chi connectivity index (χ3v) is 7.97. The van der Waals surface area contributed by atoms with Crippen molar-refractivity contribution < 1.29 is 23.1 Å². The van der Waals surface area contributed by atoms with E-state index >= 15 is 0 Å². The number of nitrogens with zero attached hydrogens (tertiary/aromatic N) is 1. The van der Waals surface area contributed by atoms with Crippen LogP contribution in [0.3, 0.4) is 0 Å². The van der Waals surface area contributed by atoms with Crippen molar-refractivity contribution in [3.8, 4) is 5.75 Å². The lowest BCUT2D eigenvalue weighted by molar-refractivity contribution is -0.0259. The maximum absolute atomic E-state index is 12.7. The molecule has 1 fully saturated rings. The smallest absolute Gasteiger partial charge is 0.269 e. The number of aromatic hydroxyl groups is 1. The number of hydrogen-bond donors (Lipinski definition) is 3. The summed E-state index contributed by atoms with van der Waals surface area (Å²) in [6.07, 6.45) is 1.81. The summed E-state index contributed by atoms with van der Waals surface area (Å²) in [5.74, 6) is -0.735. The first kappa shape index (κ1) is 25.5. The van der Waals surface area contributed by atoms with E-state index in [4.69, 9.17) is 29.0 Å². The van der Waals surface area contributed by atoms with Gasteiger partial charge in [-0.2, -0.15) is 0 Å². The van der Waals surface area contributed by atoms with Crippen LogP contribution in [0.2, 0.25) is 5.02 Å². The van der Waals surface area contributed by atoms with E-state index in [0.29, 0.717) is 17.3 Å². The van der Waals surface area contributed by atoms with Gasteiger partial charge >= 0.3 is 0 Å². The molecule has 1 heterocycles. The van der Waals surface area contributed by atoms with Gasteiger partial charge in [-0.1, -0.05) is 23.0 Å². The van der Waals surface area contributed by atoms with Gasteiger partial charge in [0, 0.05) is 18.6 Å². The molecule has 3 N–H and O–H groups in total. The number of halogens is 1. The zero-order valence-corrected chi connectivity index (χ0v) is 20.2. The molecule has 0 aromatic heterocycles. The maximum atomic E-state index is 12.7. The molecule has 0 spiro atoms. The molecule has 0 aliphatic carbocycles. The van der Waals surface area contributed by atoms with Gasteiger partial charge in [0.2, 0.25) is 0 Å². The van der Waals surface area contributed by atoms with Gasteiger partial charge in [-0.25, -0.2) is 8.42 Å². The van der Waals surface area contributed by atoms with Crippen molar-refractivity contribution in [1.82, 2.24) is 4.47 Å². The number of hydrogen-bond acceptors (Lipinski definition) is 9. The van der Waals surface area contributed by atoms with Crippen molar-refractivity contribution in [2.24, 2.45) is 0 Å². The number of sulfonamides is 1. The van der Waals surface area contributed by atoms with Crippen molar-refractivity contribution in [3.05, 3.63) is 37.6 Å². The average molecular weight is 498 g/mol. The first-order valence-electron chi connectivity index (χ1n) is 10.2. The third kappa shape index (κ3) is 4.50. The monoisotopic (exact) mass is 497 g/mol. The van der Waals surface area contributed by atoms with E-state index in [2.05, 4.69) is 10.6 Å². The summed E-state index contributed by atoms with van der Waals surface area (Å²) in [4.78, 5) is 28.7. The average Bonchev–Trinajstić information content (AvgIpc) is 3.12. The van der Waals surface area contributed by atoms with Crippen LogP contribution in [-0.4, -0.2) is 57.6 Å². The summed E-state index contributed by atoms with van der Waals surface area (Å²) in [6.45, 7) is 3.77. The van der Waals surface area contributed by atoms with Gasteiger partial charge in [0.15, 0.2) is 5.75 Å². The molecule has 0 saturated carbocycles. The van der Waals surface area contributed by atoms with Crippen LogP contribution in [0.25, 0.3) is 0 Å². The van der Waals surface area contributed by atoms with E-state index in [1.165, 1.54) is 12.1 Å². The quantitative estimate of drug-likeness (QED) is 0.205. The largest absolute Gasteiger partial charge is 0.504 e. The number of phenolic OH excluding ortho intramolecular Hbond substituents is 1. The molecule has 33 heavy (non-hydrogen) atoms. The molecule has 13 heteroatoms. The molecule has 0 amide bonds. The van der Waals surface area contributed by atoms with Crippen LogP contribution < -0.4 is 21.5 Å². The minimum atomic E-state index is -4.31. The van der Waals surface area contributed by atoms with Crippen molar-refractivity contribution in [2.75, 3.05) is 24.8 Å². The van der Waals surface area contributed by atoms with E-state index in [1.807, 2.05) is 13.8 Å². The molecular weight excluding hydrogens is 473 g/mol. The number of nitrogens with one attached hydrogen (secondary N) is 2. The molecule has 3 rings (SSSR count). The summed E-state index contributed by atoms with van der Waals surface area (Å²) < 4.78 is 31.7. The second kappa shape index (κ2) is 9.26. The summed E-state index contributed by atoms with van der Waals surface area (Å²) >= 11 is 6.02. The molecule has 3 atom stereocenters. The minimum Gasteiger partial charge on any atom is -0.504 e. The van der Waals surface area contributed by atoms with Crippen LogP contribution in [0.5, 0.6) is 5.75 Å². The lowest BCUT2D eigenvalue weighted by Crippen LogP contribution is -2.50. The van der Waals surface area contributed by atoms with Gasteiger partial charge < -0.3 is 20.5 Å². The van der Waals surface area contributed by atoms with Crippen molar-refractivity contribution in [1.29, 1.82) is 0 Å². The van der Waals surface area contributed by atoms with Crippen LogP contribution in [0.15, 0.2) is 26.6 Å². The second-order valence-corrected chi connectivity index (χ2v) is 10.2. The normalized spacial score (nSPS) is 22.1. The highest BCUT2D eigenvalue weighted by Gasteiger charge is 2.41. The molecule has 1 aliphatic heterocycles. The molecule has 10 nitrogen and oxygen atoms in total. The zero-order valence-electron chi connectivity index (χ0n) is 18.6. The molecule has 0 unspecified atom stereocenters. The van der Waals surface area contributed by atoms with E-state index < -0.39 is 43.1 Å². The topological polar surface area (TPSA) is 134 Å². The van der Waals surface area contributed by atoms with Gasteiger partial charge in [0.05, 0.1) is 23.9 Å². The Labute approximate surface area is 197 Å². The highest BCUT2D eigenvalue weighted by molar-refractivity contribution is 7.89. The Bertz CT molecular complexity index is 1230. The van der Waals surface area contributed by atoms with Gasteiger partial charge in [-0.05, 0) is 38.3 Å². The maximum Gasteiger partial charge on any atom is 0.269 e. The van der Waals surface area contributed by atoms with Crippen LogP contribution in [-0.2, 0) is 19.6 Å². The molecule has 178 valence electrons. The van der Waals surface area contributed by atoms with E-state index in [0.717, 1.165) is 20.6 Å². The number of rotatable bonds is 9. The number of ether oxygens (including phenoxy) is 1. The summed E-state index contributed by atoms with van der Waals surface area (Å²) in [6, 6.07) is 2.06. The van der Waals surface area contributed by atoms with E-state index in [-0.39, 0.29) is 28.2 Å². The minimum absolute atomic E-state index is 0.0207. The Balaban J connectivity index is 1.95. The van der Waals surface area contributed by atoms with Crippen LogP contribution in [0, 0.1) is 0 Å². The number of anilines is 3. The van der Waals surface area contributed by atoms with E-state index in [9.17, 15) is 23.1 Å². The predicted molar refractivity (Wildman–Crippen MR) is 126 cm³/mol. The molecule has 1 saturated heterocycles. The standard InChI is InChI=1S/C20H25BClN3O7S/c1-5-13(20(21)9-8-10(2)32-20)24-15-14(17(27)18(15)28)23-12-7-6-11(22)19(16(12)26)33(29,30)25(3)31-4/h6-7,10,13,23-24,26H,5,8-9H2,1-4H3/t10-,13-,20-/m1/s1. The van der Waals surface area contributed by atoms with Crippen molar-refractivity contribution >= 4 is 46.5 Å². The van der Waals surface area contributed by atoms with E-state index in [1.54, 1.807) is 0 Å². The van der Waals surface area contributed by atoms with Crippen molar-refractivity contribution in [3.63, 3.8) is 0 Å². The van der Waals surface area contributed by atoms with Crippen LogP contribution >= 0.6 is 11.6 Å².